The third kappa shape index (κ3) is 2.23. The summed E-state index contributed by atoms with van der Waals surface area (Å²) < 4.78 is 63.8. The van der Waals surface area contributed by atoms with E-state index in [-0.39, 0.29) is 19.1 Å². The van der Waals surface area contributed by atoms with Crippen LogP contribution in [0.25, 0.3) is 0 Å². The highest BCUT2D eigenvalue weighted by molar-refractivity contribution is 7.89. The number of sulfonamides is 1. The molecule has 1 aromatic rings. The first-order chi connectivity index (χ1) is 8.32. The molecule has 0 saturated carbocycles. The number of nitrogens with two attached hydrogens (primary N) is 1. The Labute approximate surface area is 102 Å². The highest BCUT2D eigenvalue weighted by atomic mass is 32.2. The third-order valence-electron chi connectivity index (χ3n) is 2.78. The molecule has 0 aromatic heterocycles. The van der Waals surface area contributed by atoms with Gasteiger partial charge in [-0.2, -0.15) is 4.31 Å². The molecule has 1 atom stereocenters. The largest absolute Gasteiger partial charge is 0.326 e. The first-order valence-corrected chi connectivity index (χ1v) is 6.66. The molecule has 0 spiro atoms. The first kappa shape index (κ1) is 13.3. The molecule has 0 bridgehead atoms. The van der Waals surface area contributed by atoms with Crippen LogP contribution < -0.4 is 5.73 Å². The van der Waals surface area contributed by atoms with Crippen molar-refractivity contribution in [2.45, 2.75) is 17.4 Å². The van der Waals surface area contributed by atoms with E-state index in [1.54, 1.807) is 0 Å². The van der Waals surface area contributed by atoms with Gasteiger partial charge in [-0.25, -0.2) is 21.6 Å². The summed E-state index contributed by atoms with van der Waals surface area (Å²) in [6.07, 6.45) is 0.478. The molecule has 1 aliphatic rings. The van der Waals surface area contributed by atoms with E-state index >= 15 is 0 Å². The molecule has 1 heterocycles. The minimum atomic E-state index is -4.03. The number of nitrogens with zero attached hydrogens (tertiary/aromatic N) is 1. The lowest BCUT2D eigenvalue weighted by atomic mass is 10.3. The van der Waals surface area contributed by atoms with Crippen molar-refractivity contribution in [3.8, 4) is 0 Å². The standard InChI is InChI=1S/C10H11F3N2O2S/c11-8-3-7(4-9(12)10(8)13)18(16,17)15-2-1-6(14)5-15/h3-4,6H,1-2,5,14H2/t6-/m1/s1. The normalized spacial score (nSPS) is 21.4. The summed E-state index contributed by atoms with van der Waals surface area (Å²) in [6, 6.07) is 0.643. The van der Waals surface area contributed by atoms with Crippen LogP contribution in [0.15, 0.2) is 17.0 Å². The van der Waals surface area contributed by atoms with Crippen LogP contribution in [0.5, 0.6) is 0 Å². The van der Waals surface area contributed by atoms with Crippen molar-refractivity contribution in [1.29, 1.82) is 0 Å². The molecule has 0 amide bonds. The Morgan fingerprint density at radius 3 is 2.22 bits per heavy atom. The van der Waals surface area contributed by atoms with Crippen molar-refractivity contribution in [2.75, 3.05) is 13.1 Å². The van der Waals surface area contributed by atoms with E-state index in [1.165, 1.54) is 0 Å². The predicted octanol–water partition coefficient (Wildman–Crippen LogP) is 0.826. The number of hydrogen-bond acceptors (Lipinski definition) is 3. The van der Waals surface area contributed by atoms with Crippen LogP contribution in [0.1, 0.15) is 6.42 Å². The molecule has 0 radical (unpaired) electrons. The molecule has 2 rings (SSSR count). The average Bonchev–Trinajstić information content (AvgIpc) is 2.72. The molecule has 4 nitrogen and oxygen atoms in total. The zero-order chi connectivity index (χ0) is 13.5. The Kier molecular flexibility index (Phi) is 3.35. The van der Waals surface area contributed by atoms with E-state index in [2.05, 4.69) is 0 Å². The third-order valence-corrected chi connectivity index (χ3v) is 4.63. The van der Waals surface area contributed by atoms with Crippen LogP contribution in [0.4, 0.5) is 13.2 Å². The number of halogens is 3. The topological polar surface area (TPSA) is 63.4 Å². The fourth-order valence-corrected chi connectivity index (χ4v) is 3.34. The summed E-state index contributed by atoms with van der Waals surface area (Å²) in [5.41, 5.74) is 5.57. The molecule has 100 valence electrons. The average molecular weight is 280 g/mol. The number of hydrogen-bond donors (Lipinski definition) is 1. The lowest BCUT2D eigenvalue weighted by Crippen LogP contribution is -2.32. The Morgan fingerprint density at radius 2 is 1.78 bits per heavy atom. The lowest BCUT2D eigenvalue weighted by Gasteiger charge is -2.16. The smallest absolute Gasteiger partial charge is 0.243 e. The van der Waals surface area contributed by atoms with Gasteiger partial charge in [0.15, 0.2) is 17.5 Å². The second kappa shape index (κ2) is 4.52. The number of benzene rings is 1. The molecule has 1 fully saturated rings. The van der Waals surface area contributed by atoms with Gasteiger partial charge in [-0.15, -0.1) is 0 Å². The second-order valence-electron chi connectivity index (χ2n) is 4.11. The van der Waals surface area contributed by atoms with Crippen LogP contribution in [-0.4, -0.2) is 31.9 Å². The molecule has 0 aliphatic carbocycles. The zero-order valence-electron chi connectivity index (χ0n) is 9.24. The lowest BCUT2D eigenvalue weighted by molar-refractivity contribution is 0.437. The van der Waals surface area contributed by atoms with Gasteiger partial charge in [-0.1, -0.05) is 0 Å². The molecule has 1 aromatic carbocycles. The van der Waals surface area contributed by atoms with Crippen molar-refractivity contribution < 1.29 is 21.6 Å². The highest BCUT2D eigenvalue weighted by Crippen LogP contribution is 2.23. The maximum absolute atomic E-state index is 13.0. The minimum Gasteiger partial charge on any atom is -0.326 e. The van der Waals surface area contributed by atoms with Crippen LogP contribution in [0.3, 0.4) is 0 Å². The SMILES string of the molecule is N[C@@H]1CCN(S(=O)(=O)c2cc(F)c(F)c(F)c2)C1. The van der Waals surface area contributed by atoms with Crippen molar-refractivity contribution in [1.82, 2.24) is 4.31 Å². The molecule has 0 unspecified atom stereocenters. The molecule has 1 saturated heterocycles. The first-order valence-electron chi connectivity index (χ1n) is 5.22. The molecule has 1 aliphatic heterocycles. The van der Waals surface area contributed by atoms with E-state index in [0.29, 0.717) is 18.6 Å². The second-order valence-corrected chi connectivity index (χ2v) is 6.05. The van der Waals surface area contributed by atoms with E-state index in [0.717, 1.165) is 4.31 Å². The van der Waals surface area contributed by atoms with Gasteiger partial charge in [0.05, 0.1) is 4.90 Å². The predicted molar refractivity (Wildman–Crippen MR) is 57.7 cm³/mol. The molecule has 2 N–H and O–H groups in total. The Balaban J connectivity index is 2.42. The van der Waals surface area contributed by atoms with Gasteiger partial charge < -0.3 is 5.73 Å². The fraction of sp³-hybridized carbons (Fsp3) is 0.400. The maximum atomic E-state index is 13.0. The molecule has 8 heteroatoms. The summed E-state index contributed by atoms with van der Waals surface area (Å²) in [6.45, 7) is 0.271. The van der Waals surface area contributed by atoms with Gasteiger partial charge in [0.1, 0.15) is 0 Å². The summed E-state index contributed by atoms with van der Waals surface area (Å²) in [5.74, 6) is -4.75. The maximum Gasteiger partial charge on any atom is 0.243 e. The van der Waals surface area contributed by atoms with Gasteiger partial charge in [-0.3, -0.25) is 0 Å². The van der Waals surface area contributed by atoms with Crippen molar-refractivity contribution in [3.05, 3.63) is 29.6 Å². The molecular weight excluding hydrogens is 269 g/mol. The monoisotopic (exact) mass is 280 g/mol. The molecule has 18 heavy (non-hydrogen) atoms. The Hall–Kier alpha value is -1.12. The van der Waals surface area contributed by atoms with Gasteiger partial charge in [0.25, 0.3) is 0 Å². The van der Waals surface area contributed by atoms with Crippen LogP contribution in [0.2, 0.25) is 0 Å². The summed E-state index contributed by atoms with van der Waals surface area (Å²) in [7, 11) is -4.03. The quantitative estimate of drug-likeness (QED) is 0.816. The van der Waals surface area contributed by atoms with Gasteiger partial charge in [0.2, 0.25) is 10.0 Å². The van der Waals surface area contributed by atoms with E-state index in [1.807, 2.05) is 0 Å². The summed E-state index contributed by atoms with van der Waals surface area (Å²) in [5, 5.41) is 0. The zero-order valence-corrected chi connectivity index (χ0v) is 10.1. The van der Waals surface area contributed by atoms with Crippen LogP contribution in [-0.2, 0) is 10.0 Å². The Bertz CT molecular complexity index is 553. The van der Waals surface area contributed by atoms with E-state index in [9.17, 15) is 21.6 Å². The summed E-state index contributed by atoms with van der Waals surface area (Å²) >= 11 is 0. The molecular formula is C10H11F3N2O2S. The Morgan fingerprint density at radius 1 is 1.22 bits per heavy atom. The fourth-order valence-electron chi connectivity index (χ4n) is 1.80. The van der Waals surface area contributed by atoms with Crippen molar-refractivity contribution in [2.24, 2.45) is 5.73 Å². The van der Waals surface area contributed by atoms with Crippen LogP contribution >= 0.6 is 0 Å². The van der Waals surface area contributed by atoms with Crippen LogP contribution in [0, 0.1) is 17.5 Å². The summed E-state index contributed by atoms with van der Waals surface area (Å²) in [4.78, 5) is -0.604. The number of rotatable bonds is 2. The van der Waals surface area contributed by atoms with Gasteiger partial charge in [0, 0.05) is 19.1 Å². The van der Waals surface area contributed by atoms with Gasteiger partial charge in [-0.05, 0) is 18.6 Å². The highest BCUT2D eigenvalue weighted by Gasteiger charge is 2.32. The van der Waals surface area contributed by atoms with Gasteiger partial charge >= 0.3 is 0 Å². The van der Waals surface area contributed by atoms with E-state index < -0.39 is 32.4 Å². The van der Waals surface area contributed by atoms with E-state index in [4.69, 9.17) is 5.73 Å². The van der Waals surface area contributed by atoms with Crippen molar-refractivity contribution >= 4 is 10.0 Å². The van der Waals surface area contributed by atoms with Crippen molar-refractivity contribution in [3.63, 3.8) is 0 Å². The minimum absolute atomic E-state index is 0.0863.